The first-order valence-corrected chi connectivity index (χ1v) is 9.60. The van der Waals surface area contributed by atoms with Crippen LogP contribution >= 0.6 is 0 Å². The van der Waals surface area contributed by atoms with Crippen molar-refractivity contribution in [1.82, 2.24) is 14.4 Å². The first-order valence-electron chi connectivity index (χ1n) is 7.75. The molecule has 0 aromatic carbocycles. The molecule has 0 atom stereocenters. The van der Waals surface area contributed by atoms with E-state index in [0.717, 1.165) is 16.3 Å². The van der Waals surface area contributed by atoms with Gasteiger partial charge in [-0.3, -0.25) is 13.5 Å². The summed E-state index contributed by atoms with van der Waals surface area (Å²) in [5, 5.41) is 0. The molecule has 3 aromatic heterocycles. The van der Waals surface area contributed by atoms with Crippen molar-refractivity contribution in [2.75, 3.05) is 17.7 Å². The summed E-state index contributed by atoms with van der Waals surface area (Å²) in [5.74, 6) is 0.375. The van der Waals surface area contributed by atoms with Crippen molar-refractivity contribution in [3.05, 3.63) is 64.3 Å². The Bertz CT molecular complexity index is 1110. The van der Waals surface area contributed by atoms with Gasteiger partial charge in [-0.2, -0.15) is 0 Å². The van der Waals surface area contributed by atoms with E-state index in [9.17, 15) is 13.2 Å². The Morgan fingerprint density at radius 1 is 1.23 bits per heavy atom. The minimum atomic E-state index is -3.61. The Hall–Kier alpha value is -2.94. The maximum atomic E-state index is 12.4. The Labute approximate surface area is 150 Å². The lowest BCUT2D eigenvalue weighted by Gasteiger charge is -2.22. The molecule has 9 heteroatoms. The van der Waals surface area contributed by atoms with Gasteiger partial charge in [0, 0.05) is 17.8 Å². The third-order valence-corrected chi connectivity index (χ3v) is 5.00. The van der Waals surface area contributed by atoms with E-state index in [1.807, 2.05) is 13.0 Å². The maximum Gasteiger partial charge on any atom is 0.258 e. The fourth-order valence-corrected chi connectivity index (χ4v) is 3.49. The number of ether oxygens (including phenoxy) is 1. The molecule has 0 bridgehead atoms. The summed E-state index contributed by atoms with van der Waals surface area (Å²) in [5.41, 5.74) is 1.67. The van der Waals surface area contributed by atoms with Gasteiger partial charge in [-0.05, 0) is 25.1 Å². The lowest BCUT2D eigenvalue weighted by Crippen LogP contribution is -2.31. The number of aromatic nitrogens is 3. The second-order valence-corrected chi connectivity index (χ2v) is 7.68. The van der Waals surface area contributed by atoms with E-state index in [1.54, 1.807) is 24.3 Å². The predicted octanol–water partition coefficient (Wildman–Crippen LogP) is 1.37. The van der Waals surface area contributed by atoms with Gasteiger partial charge in [-0.25, -0.2) is 18.4 Å². The molecule has 0 amide bonds. The molecule has 0 aliphatic rings. The monoisotopic (exact) mass is 374 g/mol. The van der Waals surface area contributed by atoms with Crippen molar-refractivity contribution in [3.8, 4) is 5.88 Å². The van der Waals surface area contributed by atoms with Crippen LogP contribution in [0.5, 0.6) is 5.88 Å². The largest absolute Gasteiger partial charge is 0.481 e. The van der Waals surface area contributed by atoms with Gasteiger partial charge in [-0.15, -0.1) is 0 Å². The van der Waals surface area contributed by atoms with E-state index >= 15 is 0 Å². The molecule has 0 saturated heterocycles. The van der Waals surface area contributed by atoms with Crippen molar-refractivity contribution in [1.29, 1.82) is 0 Å². The normalized spacial score (nSPS) is 11.5. The van der Waals surface area contributed by atoms with Gasteiger partial charge in [0.1, 0.15) is 5.65 Å². The number of methoxy groups -OCH3 is 1. The van der Waals surface area contributed by atoms with Crippen LogP contribution in [-0.4, -0.2) is 36.2 Å². The summed E-state index contributed by atoms with van der Waals surface area (Å²) >= 11 is 0. The van der Waals surface area contributed by atoms with E-state index in [2.05, 4.69) is 9.97 Å². The molecule has 3 heterocycles. The topological polar surface area (TPSA) is 93.9 Å². The summed E-state index contributed by atoms with van der Waals surface area (Å²) in [6.45, 7) is 1.73. The third kappa shape index (κ3) is 3.52. The molecule has 0 fully saturated rings. The number of aryl methyl sites for hydroxylation is 1. The van der Waals surface area contributed by atoms with E-state index in [1.165, 1.54) is 23.8 Å². The molecule has 0 spiro atoms. The smallest absolute Gasteiger partial charge is 0.258 e. The van der Waals surface area contributed by atoms with Crippen LogP contribution in [0.15, 0.2) is 47.4 Å². The summed E-state index contributed by atoms with van der Waals surface area (Å²) in [4.78, 5) is 20.9. The van der Waals surface area contributed by atoms with Crippen molar-refractivity contribution in [2.24, 2.45) is 0 Å². The molecule has 3 rings (SSSR count). The number of hydrogen-bond donors (Lipinski definition) is 0. The predicted molar refractivity (Wildman–Crippen MR) is 98.0 cm³/mol. The Balaban J connectivity index is 2.05. The zero-order valence-corrected chi connectivity index (χ0v) is 15.4. The first-order chi connectivity index (χ1) is 12.3. The highest BCUT2D eigenvalue weighted by molar-refractivity contribution is 7.92. The summed E-state index contributed by atoms with van der Waals surface area (Å²) in [6.07, 6.45) is 2.49. The molecule has 136 valence electrons. The molecule has 8 nitrogen and oxygen atoms in total. The standard InChI is InChI=1S/C17H18N4O4S/c1-12-5-4-6-15-19-13(9-17(22)21(12)15)11-20(26(3,23)24)14-7-8-16(25-2)18-10-14/h4-10H,11H2,1-3H3. The summed E-state index contributed by atoms with van der Waals surface area (Å²) in [6, 6.07) is 9.81. The van der Waals surface area contributed by atoms with Crippen LogP contribution in [0.2, 0.25) is 0 Å². The zero-order chi connectivity index (χ0) is 18.9. The van der Waals surface area contributed by atoms with Gasteiger partial charge >= 0.3 is 0 Å². The number of sulfonamides is 1. The molecule has 3 aromatic rings. The molecule has 0 N–H and O–H groups in total. The average Bonchev–Trinajstić information content (AvgIpc) is 2.59. The molecule has 0 radical (unpaired) electrons. The van der Waals surface area contributed by atoms with Crippen molar-refractivity contribution in [3.63, 3.8) is 0 Å². The van der Waals surface area contributed by atoms with Gasteiger partial charge in [0.2, 0.25) is 15.9 Å². The first kappa shape index (κ1) is 17.9. The van der Waals surface area contributed by atoms with Crippen LogP contribution < -0.4 is 14.6 Å². The Kier molecular flexibility index (Phi) is 4.64. The quantitative estimate of drug-likeness (QED) is 0.670. The van der Waals surface area contributed by atoms with Crippen LogP contribution in [0.4, 0.5) is 5.69 Å². The van der Waals surface area contributed by atoms with Gasteiger partial charge in [0.15, 0.2) is 0 Å². The maximum absolute atomic E-state index is 12.4. The molecule has 0 unspecified atom stereocenters. The number of hydrogen-bond acceptors (Lipinski definition) is 6. The number of anilines is 1. The van der Waals surface area contributed by atoms with Crippen LogP contribution in [0.25, 0.3) is 5.65 Å². The van der Waals surface area contributed by atoms with E-state index in [4.69, 9.17) is 4.74 Å². The lowest BCUT2D eigenvalue weighted by molar-refractivity contribution is 0.398. The minimum absolute atomic E-state index is 0.0769. The molecular weight excluding hydrogens is 356 g/mol. The van der Waals surface area contributed by atoms with Gasteiger partial charge < -0.3 is 4.74 Å². The zero-order valence-electron chi connectivity index (χ0n) is 14.6. The van der Waals surface area contributed by atoms with E-state index < -0.39 is 10.0 Å². The fraction of sp³-hybridized carbons (Fsp3) is 0.235. The van der Waals surface area contributed by atoms with Crippen molar-refractivity contribution in [2.45, 2.75) is 13.5 Å². The van der Waals surface area contributed by atoms with E-state index in [-0.39, 0.29) is 12.1 Å². The summed E-state index contributed by atoms with van der Waals surface area (Å²) < 4.78 is 32.1. The van der Waals surface area contributed by atoms with Crippen LogP contribution in [-0.2, 0) is 16.6 Å². The number of rotatable bonds is 5. The minimum Gasteiger partial charge on any atom is -0.481 e. The highest BCUT2D eigenvalue weighted by Gasteiger charge is 2.20. The fourth-order valence-electron chi connectivity index (χ4n) is 2.63. The van der Waals surface area contributed by atoms with Crippen LogP contribution in [0.1, 0.15) is 11.4 Å². The molecule has 0 aliphatic carbocycles. The van der Waals surface area contributed by atoms with Gasteiger partial charge in [0.25, 0.3) is 5.56 Å². The number of fused-ring (bicyclic) bond motifs is 1. The number of nitrogens with zero attached hydrogens (tertiary/aromatic N) is 4. The lowest BCUT2D eigenvalue weighted by atomic mass is 10.3. The summed E-state index contributed by atoms with van der Waals surface area (Å²) in [7, 11) is -2.13. The molecule has 26 heavy (non-hydrogen) atoms. The SMILES string of the molecule is COc1ccc(N(Cc2cc(=O)n3c(C)cccc3n2)S(C)(=O)=O)cn1. The molecular formula is C17H18N4O4S. The Morgan fingerprint density at radius 2 is 2.00 bits per heavy atom. The van der Waals surface area contributed by atoms with Crippen LogP contribution in [0.3, 0.4) is 0 Å². The number of pyridine rings is 2. The van der Waals surface area contributed by atoms with Gasteiger partial charge in [0.05, 0.1) is 37.5 Å². The highest BCUT2D eigenvalue weighted by atomic mass is 32.2. The second-order valence-electron chi connectivity index (χ2n) is 5.77. The Morgan fingerprint density at radius 3 is 2.62 bits per heavy atom. The van der Waals surface area contributed by atoms with Crippen LogP contribution in [0, 0.1) is 6.92 Å². The van der Waals surface area contributed by atoms with Crippen molar-refractivity contribution >= 4 is 21.4 Å². The van der Waals surface area contributed by atoms with Gasteiger partial charge in [-0.1, -0.05) is 6.07 Å². The third-order valence-electron chi connectivity index (χ3n) is 3.86. The second kappa shape index (κ2) is 6.75. The van der Waals surface area contributed by atoms with Crippen molar-refractivity contribution < 1.29 is 13.2 Å². The molecule has 0 aliphatic heterocycles. The molecule has 0 saturated carbocycles. The highest BCUT2D eigenvalue weighted by Crippen LogP contribution is 2.21. The average molecular weight is 374 g/mol. The van der Waals surface area contributed by atoms with E-state index in [0.29, 0.717) is 22.9 Å².